The van der Waals surface area contributed by atoms with Crippen LogP contribution < -0.4 is 18.9 Å². The lowest BCUT2D eigenvalue weighted by molar-refractivity contribution is -0.162. The van der Waals surface area contributed by atoms with E-state index in [-0.39, 0.29) is 54.3 Å². The molecule has 12 heteroatoms. The number of Topliss-reactive ketones (excluding diaryl/α,β-unsaturated/α-hetero) is 1. The van der Waals surface area contributed by atoms with E-state index in [9.17, 15) is 20.0 Å². The van der Waals surface area contributed by atoms with Crippen molar-refractivity contribution in [3.63, 3.8) is 0 Å². The minimum atomic E-state index is -2.23. The van der Waals surface area contributed by atoms with Crippen LogP contribution in [0, 0.1) is 29.6 Å². The second-order valence-corrected chi connectivity index (χ2v) is 21.8. The summed E-state index contributed by atoms with van der Waals surface area (Å²) >= 11 is 0. The summed E-state index contributed by atoms with van der Waals surface area (Å²) in [5.41, 5.74) is 2.29. The molecule has 1 saturated heterocycles. The van der Waals surface area contributed by atoms with Crippen LogP contribution in [0.4, 0.5) is 0 Å². The van der Waals surface area contributed by atoms with Crippen molar-refractivity contribution in [1.29, 1.82) is 5.26 Å². The van der Waals surface area contributed by atoms with Gasteiger partial charge in [-0.15, -0.1) is 0 Å². The van der Waals surface area contributed by atoms with Crippen LogP contribution in [0.2, 0.25) is 18.1 Å². The number of carbonyl (C=O) groups is 2. The number of nitriles is 1. The number of aliphatic hydroxyl groups is 1. The molecule has 1 heterocycles. The maximum Gasteiger partial charge on any atom is 0.341 e. The van der Waals surface area contributed by atoms with Gasteiger partial charge in [-0.25, -0.2) is 4.79 Å². The van der Waals surface area contributed by atoms with Gasteiger partial charge < -0.3 is 38.0 Å². The van der Waals surface area contributed by atoms with Crippen molar-refractivity contribution < 1.29 is 47.5 Å². The molecule has 1 N–H and O–H groups in total. The monoisotopic (exact) mass is 803 g/mol. The van der Waals surface area contributed by atoms with Gasteiger partial charge in [-0.05, 0) is 71.6 Å². The van der Waals surface area contributed by atoms with Gasteiger partial charge in [0.25, 0.3) is 0 Å². The maximum atomic E-state index is 14.1. The zero-order valence-corrected chi connectivity index (χ0v) is 36.7. The van der Waals surface area contributed by atoms with Gasteiger partial charge in [0.2, 0.25) is 0 Å². The average Bonchev–Trinajstić information content (AvgIpc) is 3.18. The number of carbonyl (C=O) groups excluding carboxylic acids is 2. The van der Waals surface area contributed by atoms with E-state index < -0.39 is 43.9 Å². The number of hydrogen-bond donors (Lipinski definition) is 1. The minimum absolute atomic E-state index is 0.0230. The van der Waals surface area contributed by atoms with Crippen molar-refractivity contribution in [1.82, 2.24) is 0 Å². The largest absolute Gasteiger partial charge is 0.497 e. The fraction of sp³-hybridized carbons (Fsp3) is 0.533. The van der Waals surface area contributed by atoms with Crippen LogP contribution in [0.5, 0.6) is 23.0 Å². The Morgan fingerprint density at radius 3 is 1.95 bits per heavy atom. The van der Waals surface area contributed by atoms with E-state index in [4.69, 9.17) is 32.8 Å². The average molecular weight is 804 g/mol. The Hall–Kier alpha value is -4.41. The number of hydrogen-bond acceptors (Lipinski definition) is 11. The number of benzene rings is 3. The van der Waals surface area contributed by atoms with E-state index in [0.29, 0.717) is 34.8 Å². The summed E-state index contributed by atoms with van der Waals surface area (Å²) in [6.07, 6.45) is -2.53. The third kappa shape index (κ3) is 11.0. The summed E-state index contributed by atoms with van der Waals surface area (Å²) in [5.74, 6) is 0.322. The lowest BCUT2D eigenvalue weighted by Gasteiger charge is -2.50. The summed E-state index contributed by atoms with van der Waals surface area (Å²) < 4.78 is 41.6. The van der Waals surface area contributed by atoms with Crippen LogP contribution in [0.1, 0.15) is 87.0 Å². The van der Waals surface area contributed by atoms with Crippen LogP contribution in [-0.4, -0.2) is 70.9 Å². The third-order valence-electron chi connectivity index (χ3n) is 11.8. The van der Waals surface area contributed by atoms with Crippen LogP contribution in [-0.2, 0) is 38.3 Å². The van der Waals surface area contributed by atoms with E-state index in [1.54, 1.807) is 34.1 Å². The lowest BCUT2D eigenvalue weighted by atomic mass is 9.73. The fourth-order valence-corrected chi connectivity index (χ4v) is 8.09. The summed E-state index contributed by atoms with van der Waals surface area (Å²) in [6, 6.07) is 18.8. The molecule has 0 aromatic heterocycles. The second kappa shape index (κ2) is 18.9. The first-order valence-electron chi connectivity index (χ1n) is 19.5. The van der Waals surface area contributed by atoms with Gasteiger partial charge in [-0.1, -0.05) is 65.8 Å². The normalized spacial score (nSPS) is 19.1. The first kappa shape index (κ1) is 45.3. The summed E-state index contributed by atoms with van der Waals surface area (Å²) in [6.45, 7) is 18.7. The van der Waals surface area contributed by atoms with Gasteiger partial charge in [0.1, 0.15) is 53.7 Å². The third-order valence-corrected chi connectivity index (χ3v) is 16.3. The Balaban J connectivity index is 1.65. The molecule has 1 aliphatic rings. The fourth-order valence-electron chi connectivity index (χ4n) is 6.63. The molecule has 1 unspecified atom stereocenters. The quantitative estimate of drug-likeness (QED) is 0.104. The number of methoxy groups -OCH3 is 3. The molecule has 0 spiro atoms. The van der Waals surface area contributed by atoms with Gasteiger partial charge in [0.15, 0.2) is 8.32 Å². The van der Waals surface area contributed by atoms with Crippen LogP contribution in [0.3, 0.4) is 0 Å². The van der Waals surface area contributed by atoms with Crippen LogP contribution in [0.15, 0.2) is 54.6 Å². The predicted molar refractivity (Wildman–Crippen MR) is 220 cm³/mol. The van der Waals surface area contributed by atoms with Crippen molar-refractivity contribution in [3.05, 3.63) is 82.4 Å². The van der Waals surface area contributed by atoms with Gasteiger partial charge in [-0.3, -0.25) is 4.79 Å². The molecule has 11 nitrogen and oxygen atoms in total. The van der Waals surface area contributed by atoms with Gasteiger partial charge >= 0.3 is 5.97 Å². The van der Waals surface area contributed by atoms with E-state index in [1.807, 2.05) is 62.4 Å². The molecule has 0 amide bonds. The smallest absolute Gasteiger partial charge is 0.341 e. The summed E-state index contributed by atoms with van der Waals surface area (Å²) in [5, 5.41) is 21.7. The molecule has 4 rings (SSSR count). The highest BCUT2D eigenvalue weighted by Crippen LogP contribution is 2.46. The Labute approximate surface area is 339 Å². The van der Waals surface area contributed by atoms with Gasteiger partial charge in [-0.2, -0.15) is 5.26 Å². The van der Waals surface area contributed by atoms with E-state index in [1.165, 1.54) is 7.11 Å². The predicted octanol–water partition coefficient (Wildman–Crippen LogP) is 8.55. The Bertz CT molecular complexity index is 1880. The Morgan fingerprint density at radius 2 is 1.47 bits per heavy atom. The molecule has 0 bridgehead atoms. The Morgan fingerprint density at radius 1 is 0.947 bits per heavy atom. The highest BCUT2D eigenvalue weighted by molar-refractivity contribution is 6.74. The molecular formula is C45H61NO10Si. The molecule has 57 heavy (non-hydrogen) atoms. The highest BCUT2D eigenvalue weighted by Gasteiger charge is 2.50. The summed E-state index contributed by atoms with van der Waals surface area (Å²) in [4.78, 5) is 27.6. The van der Waals surface area contributed by atoms with E-state index in [0.717, 1.165) is 11.1 Å². The molecule has 0 saturated carbocycles. The first-order valence-corrected chi connectivity index (χ1v) is 22.4. The summed E-state index contributed by atoms with van der Waals surface area (Å²) in [7, 11) is 2.25. The van der Waals surface area contributed by atoms with Crippen LogP contribution in [0.25, 0.3) is 0 Å². The number of ketones is 1. The SMILES string of the molecule is COC(=O)c1c(OCc2ccc(OC)cc2)cc(OCc2ccc(OC)cc2)c(C)c1C[C@@H](O)C(C)C(=O)C[C@H]1O[C@H](C#N)C[C@@H](O[Si](C)(C)C(C)(C)C)C1(C)C. The molecule has 1 aliphatic heterocycles. The number of rotatable bonds is 17. The Kier molecular flexibility index (Phi) is 15.0. The van der Waals surface area contributed by atoms with Gasteiger partial charge in [0.05, 0.1) is 45.7 Å². The highest BCUT2D eigenvalue weighted by atomic mass is 28.4. The molecule has 3 aromatic rings. The molecule has 1 fully saturated rings. The van der Waals surface area contributed by atoms with Gasteiger partial charge in [0, 0.05) is 36.7 Å². The minimum Gasteiger partial charge on any atom is -0.497 e. The zero-order valence-electron chi connectivity index (χ0n) is 35.7. The number of ether oxygens (including phenoxy) is 6. The molecule has 5 atom stereocenters. The number of nitrogens with zero attached hydrogens (tertiary/aromatic N) is 1. The molecule has 0 radical (unpaired) electrons. The maximum absolute atomic E-state index is 14.1. The van der Waals surface area contributed by atoms with Crippen molar-refractivity contribution >= 4 is 20.1 Å². The second-order valence-electron chi connectivity index (χ2n) is 17.0. The number of esters is 1. The molecule has 0 aliphatic carbocycles. The van der Waals surface area contributed by atoms with E-state index in [2.05, 4.69) is 39.9 Å². The standard InChI is InChI=1S/C45H61NO10Si/c1-28-35(22-36(47)29(2)37(48)23-40-45(6,7)41(21-34(25-46)55-40)56-57(11,12)44(3,4)5)42(43(49)52-10)39(54-27-31-15-19-33(51-9)20-16-31)24-38(28)53-26-30-13-17-32(50-8)18-14-30/h13-20,24,29,34,36,40-41,47H,21-23,26-27H2,1-12H3/t29?,34-,36+,40+,41+/m0/s1. The topological polar surface area (TPSA) is 143 Å². The first-order chi connectivity index (χ1) is 26.8. The van der Waals surface area contributed by atoms with Crippen molar-refractivity contribution in [2.24, 2.45) is 11.3 Å². The molecule has 310 valence electrons. The lowest BCUT2D eigenvalue weighted by Crippen LogP contribution is -2.56. The van der Waals surface area contributed by atoms with E-state index >= 15 is 0 Å². The van der Waals surface area contributed by atoms with Crippen molar-refractivity contribution in [2.75, 3.05) is 21.3 Å². The molecular weight excluding hydrogens is 743 g/mol. The zero-order chi connectivity index (χ0) is 42.3. The van der Waals surface area contributed by atoms with Crippen LogP contribution >= 0.6 is 0 Å². The van der Waals surface area contributed by atoms with Crippen molar-refractivity contribution in [2.45, 2.75) is 123 Å². The van der Waals surface area contributed by atoms with Crippen molar-refractivity contribution in [3.8, 4) is 29.1 Å². The number of aliphatic hydroxyl groups excluding tert-OH is 1. The molecule has 3 aromatic carbocycles.